The van der Waals surface area contributed by atoms with Gasteiger partial charge in [-0.2, -0.15) is 0 Å². The SMILES string of the molecule is C=C(C)C(=O)OCCO.C=CC(=O)[O-].[Na+]. The molecule has 0 rings (SSSR count). The van der Waals surface area contributed by atoms with Gasteiger partial charge < -0.3 is 19.7 Å². The molecule has 0 radical (unpaired) electrons. The minimum Gasteiger partial charge on any atom is -0.545 e. The molecule has 0 fully saturated rings. The molecule has 1 N–H and O–H groups in total. The molecule has 0 aliphatic rings. The third-order valence-electron chi connectivity index (χ3n) is 0.840. The maximum absolute atomic E-state index is 10.5. The number of aliphatic carboxylic acids is 1. The molecule has 0 aliphatic heterocycles. The predicted molar refractivity (Wildman–Crippen MR) is 48.1 cm³/mol. The smallest absolute Gasteiger partial charge is 0.545 e. The molecule has 0 bridgehead atoms. The molecule has 80 valence electrons. The van der Waals surface area contributed by atoms with E-state index in [1.54, 1.807) is 6.92 Å². The number of carboxylic acids is 1. The van der Waals surface area contributed by atoms with Crippen LogP contribution in [0.1, 0.15) is 6.92 Å². The van der Waals surface area contributed by atoms with Crippen molar-refractivity contribution in [2.75, 3.05) is 13.2 Å². The largest absolute Gasteiger partial charge is 1.00 e. The fourth-order valence-corrected chi connectivity index (χ4v) is 0.262. The molecule has 0 amide bonds. The van der Waals surface area contributed by atoms with Crippen LogP contribution < -0.4 is 34.7 Å². The van der Waals surface area contributed by atoms with Crippen molar-refractivity contribution in [1.82, 2.24) is 0 Å². The van der Waals surface area contributed by atoms with Crippen LogP contribution in [0.5, 0.6) is 0 Å². The van der Waals surface area contributed by atoms with Crippen LogP contribution in [0.4, 0.5) is 0 Å². The van der Waals surface area contributed by atoms with E-state index >= 15 is 0 Å². The predicted octanol–water partition coefficient (Wildman–Crippen LogP) is -3.98. The Labute approximate surface area is 111 Å². The molecule has 0 atom stereocenters. The average molecular weight is 224 g/mol. The summed E-state index contributed by atoms with van der Waals surface area (Å²) >= 11 is 0. The zero-order valence-corrected chi connectivity index (χ0v) is 11.0. The van der Waals surface area contributed by atoms with Gasteiger partial charge in [0.05, 0.1) is 12.6 Å². The summed E-state index contributed by atoms with van der Waals surface area (Å²) in [6.07, 6.45) is 0.722. The van der Waals surface area contributed by atoms with Gasteiger partial charge in [0.25, 0.3) is 0 Å². The number of aliphatic hydroxyl groups excluding tert-OH is 1. The summed E-state index contributed by atoms with van der Waals surface area (Å²) in [5.41, 5.74) is 0.350. The van der Waals surface area contributed by atoms with Gasteiger partial charge in [-0.25, -0.2) is 4.79 Å². The Hall–Kier alpha value is -0.620. The van der Waals surface area contributed by atoms with E-state index in [0.717, 1.165) is 6.08 Å². The molecule has 0 aromatic carbocycles. The van der Waals surface area contributed by atoms with E-state index < -0.39 is 11.9 Å². The zero-order chi connectivity index (χ0) is 11.6. The van der Waals surface area contributed by atoms with Gasteiger partial charge in [-0.3, -0.25) is 0 Å². The van der Waals surface area contributed by atoms with Gasteiger partial charge in [-0.05, 0) is 13.0 Å². The molecule has 0 aromatic rings. The van der Waals surface area contributed by atoms with E-state index in [1.165, 1.54) is 0 Å². The molecule has 0 aromatic heterocycles. The number of carbonyl (C=O) groups excluding carboxylic acids is 2. The van der Waals surface area contributed by atoms with Crippen molar-refractivity contribution in [1.29, 1.82) is 0 Å². The summed E-state index contributed by atoms with van der Waals surface area (Å²) in [5, 5.41) is 17.3. The molecule has 5 nitrogen and oxygen atoms in total. The summed E-state index contributed by atoms with van der Waals surface area (Å²) in [7, 11) is 0. The van der Waals surface area contributed by atoms with Gasteiger partial charge in [0.15, 0.2) is 0 Å². The molecule has 0 saturated carbocycles. The third kappa shape index (κ3) is 19.7. The Morgan fingerprint density at radius 1 is 1.53 bits per heavy atom. The Balaban J connectivity index is -0.000000208. The number of hydrogen-bond acceptors (Lipinski definition) is 5. The molecule has 0 heterocycles. The Bertz CT molecular complexity index is 225. The number of ether oxygens (including phenoxy) is 1. The zero-order valence-electron chi connectivity index (χ0n) is 8.99. The first-order valence-corrected chi connectivity index (χ1v) is 3.72. The van der Waals surface area contributed by atoms with Crippen LogP contribution in [0.25, 0.3) is 0 Å². The number of esters is 1. The summed E-state index contributed by atoms with van der Waals surface area (Å²) < 4.78 is 4.46. The van der Waals surface area contributed by atoms with Crippen LogP contribution in [-0.2, 0) is 14.3 Å². The molecular formula is C9H13NaO5. The van der Waals surface area contributed by atoms with E-state index in [4.69, 9.17) is 15.0 Å². The standard InChI is InChI=1S/C6H10O3.C3H4O2.Na/c1-5(2)6(8)9-4-3-7;1-2-3(4)5;/h7H,1,3-4H2,2H3;2H,1H2,(H,4,5);/q;;+1/p-1. The van der Waals surface area contributed by atoms with Crippen molar-refractivity contribution in [3.05, 3.63) is 24.8 Å². The van der Waals surface area contributed by atoms with Crippen molar-refractivity contribution in [3.63, 3.8) is 0 Å². The van der Waals surface area contributed by atoms with Crippen molar-refractivity contribution < 1.29 is 54.1 Å². The van der Waals surface area contributed by atoms with E-state index in [-0.39, 0.29) is 42.8 Å². The van der Waals surface area contributed by atoms with E-state index in [1.807, 2.05) is 0 Å². The quantitative estimate of drug-likeness (QED) is 0.299. The maximum Gasteiger partial charge on any atom is 1.00 e. The van der Waals surface area contributed by atoms with Crippen molar-refractivity contribution in [3.8, 4) is 0 Å². The van der Waals surface area contributed by atoms with Crippen LogP contribution in [0, 0.1) is 0 Å². The second-order valence-electron chi connectivity index (χ2n) is 2.16. The van der Waals surface area contributed by atoms with E-state index in [2.05, 4.69) is 17.9 Å². The minimum atomic E-state index is -1.23. The van der Waals surface area contributed by atoms with Crippen LogP contribution in [0.3, 0.4) is 0 Å². The minimum absolute atomic E-state index is 0. The topological polar surface area (TPSA) is 86.7 Å². The molecule has 0 saturated heterocycles. The average Bonchev–Trinajstić information content (AvgIpc) is 2.14. The maximum atomic E-state index is 10.5. The number of aliphatic hydroxyl groups is 1. The fourth-order valence-electron chi connectivity index (χ4n) is 0.262. The van der Waals surface area contributed by atoms with Crippen molar-refractivity contribution in [2.45, 2.75) is 6.92 Å². The molecule has 15 heavy (non-hydrogen) atoms. The van der Waals surface area contributed by atoms with Crippen LogP contribution >= 0.6 is 0 Å². The fraction of sp³-hybridized carbons (Fsp3) is 0.333. The first kappa shape index (κ1) is 19.9. The molecule has 0 spiro atoms. The van der Waals surface area contributed by atoms with Gasteiger partial charge in [0.2, 0.25) is 0 Å². The van der Waals surface area contributed by atoms with Crippen LogP contribution in [0.15, 0.2) is 24.8 Å². The summed E-state index contributed by atoms with van der Waals surface area (Å²) in [4.78, 5) is 19.6. The van der Waals surface area contributed by atoms with Crippen molar-refractivity contribution in [2.24, 2.45) is 0 Å². The molecule has 6 heteroatoms. The van der Waals surface area contributed by atoms with Gasteiger partial charge in [0, 0.05) is 5.57 Å². The monoisotopic (exact) mass is 224 g/mol. The number of carbonyl (C=O) groups is 2. The van der Waals surface area contributed by atoms with E-state index in [0.29, 0.717) is 5.57 Å². The summed E-state index contributed by atoms with van der Waals surface area (Å²) in [6, 6.07) is 0. The Kier molecular flexibility index (Phi) is 17.7. The van der Waals surface area contributed by atoms with Gasteiger partial charge in [0.1, 0.15) is 6.61 Å². The summed E-state index contributed by atoms with van der Waals surface area (Å²) in [6.45, 7) is 7.71. The Morgan fingerprint density at radius 3 is 2.13 bits per heavy atom. The Morgan fingerprint density at radius 2 is 1.93 bits per heavy atom. The third-order valence-corrected chi connectivity index (χ3v) is 0.840. The van der Waals surface area contributed by atoms with Crippen LogP contribution in [0.2, 0.25) is 0 Å². The molecule has 0 unspecified atom stereocenters. The van der Waals surface area contributed by atoms with E-state index in [9.17, 15) is 4.79 Å². The number of carboxylic acid groups (broad SMARTS) is 1. The molecular weight excluding hydrogens is 211 g/mol. The van der Waals surface area contributed by atoms with Gasteiger partial charge in [-0.1, -0.05) is 13.2 Å². The number of rotatable bonds is 4. The second-order valence-corrected chi connectivity index (χ2v) is 2.16. The van der Waals surface area contributed by atoms with Gasteiger partial charge in [-0.15, -0.1) is 0 Å². The van der Waals surface area contributed by atoms with Gasteiger partial charge >= 0.3 is 35.5 Å². The number of hydrogen-bond donors (Lipinski definition) is 1. The normalized spacial score (nSPS) is 7.33. The van der Waals surface area contributed by atoms with Crippen molar-refractivity contribution >= 4 is 11.9 Å². The van der Waals surface area contributed by atoms with Crippen LogP contribution in [-0.4, -0.2) is 30.3 Å². The second kappa shape index (κ2) is 13.4. The molecule has 0 aliphatic carbocycles. The summed E-state index contributed by atoms with van der Waals surface area (Å²) in [5.74, 6) is -1.69. The first-order valence-electron chi connectivity index (χ1n) is 3.72. The first-order chi connectivity index (χ1) is 6.45.